The molecule has 0 bridgehead atoms. The molecular weight excluding hydrogens is 262 g/mol. The lowest BCUT2D eigenvalue weighted by atomic mass is 10.2. The minimum atomic E-state index is -0.437. The van der Waals surface area contributed by atoms with Gasteiger partial charge in [-0.25, -0.2) is 0 Å². The van der Waals surface area contributed by atoms with Crippen LogP contribution in [0.2, 0.25) is 0 Å². The van der Waals surface area contributed by atoms with Gasteiger partial charge in [-0.3, -0.25) is 4.79 Å². The number of phenolic OH excluding ortho intramolecular Hbond substituents is 3. The van der Waals surface area contributed by atoms with Crippen molar-refractivity contribution >= 4 is 11.6 Å². The van der Waals surface area contributed by atoms with E-state index >= 15 is 0 Å². The van der Waals surface area contributed by atoms with E-state index in [4.69, 9.17) is 4.74 Å². The molecule has 0 aliphatic heterocycles. The number of benzene rings is 2. The highest BCUT2D eigenvalue weighted by Crippen LogP contribution is 2.29. The zero-order chi connectivity index (χ0) is 14.7. The molecular formula is C14H13NO5. The summed E-state index contributed by atoms with van der Waals surface area (Å²) in [6.07, 6.45) is 0. The number of ether oxygens (including phenoxy) is 1. The normalized spacial score (nSPS) is 10.1. The molecule has 0 saturated carbocycles. The molecule has 0 aliphatic carbocycles. The minimum absolute atomic E-state index is 0.0636. The molecule has 0 heterocycles. The first kappa shape index (κ1) is 13.5. The van der Waals surface area contributed by atoms with Gasteiger partial charge in [-0.15, -0.1) is 0 Å². The molecule has 0 spiro atoms. The number of amides is 1. The van der Waals surface area contributed by atoms with Crippen LogP contribution in [0.5, 0.6) is 23.0 Å². The quantitative estimate of drug-likeness (QED) is 0.507. The first-order chi connectivity index (χ1) is 9.51. The van der Waals surface area contributed by atoms with Crippen LogP contribution < -0.4 is 10.1 Å². The summed E-state index contributed by atoms with van der Waals surface area (Å²) in [5.74, 6) is -0.911. The molecule has 0 saturated heterocycles. The van der Waals surface area contributed by atoms with Crippen molar-refractivity contribution in [2.24, 2.45) is 0 Å². The standard InChI is InChI=1S/C14H13NO5/c1-20-13-6-8(2-4-11(13)17)14(19)15-9-3-5-10(16)12(18)7-9/h2-7,16-18H,1H3,(H,15,19). The molecule has 0 fully saturated rings. The second kappa shape index (κ2) is 5.40. The maximum absolute atomic E-state index is 12.0. The van der Waals surface area contributed by atoms with E-state index in [1.165, 1.54) is 43.5 Å². The Balaban J connectivity index is 2.21. The van der Waals surface area contributed by atoms with E-state index < -0.39 is 5.91 Å². The summed E-state index contributed by atoms with van der Waals surface area (Å²) in [4.78, 5) is 12.0. The van der Waals surface area contributed by atoms with Crippen LogP contribution in [0.3, 0.4) is 0 Å². The van der Waals surface area contributed by atoms with Crippen molar-refractivity contribution < 1.29 is 24.9 Å². The lowest BCUT2D eigenvalue weighted by Gasteiger charge is -2.08. The van der Waals surface area contributed by atoms with Gasteiger partial charge in [0.25, 0.3) is 5.91 Å². The van der Waals surface area contributed by atoms with Crippen LogP contribution >= 0.6 is 0 Å². The minimum Gasteiger partial charge on any atom is -0.504 e. The fraction of sp³-hybridized carbons (Fsp3) is 0.0714. The number of nitrogens with one attached hydrogen (secondary N) is 1. The van der Waals surface area contributed by atoms with Crippen LogP contribution in [0, 0.1) is 0 Å². The van der Waals surface area contributed by atoms with E-state index in [0.29, 0.717) is 5.69 Å². The fourth-order valence-corrected chi connectivity index (χ4v) is 1.62. The summed E-state index contributed by atoms with van der Waals surface area (Å²) < 4.78 is 4.92. The molecule has 2 aromatic carbocycles. The van der Waals surface area contributed by atoms with Crippen LogP contribution in [-0.4, -0.2) is 28.3 Å². The van der Waals surface area contributed by atoms with Crippen molar-refractivity contribution in [2.45, 2.75) is 0 Å². The molecule has 104 valence electrons. The van der Waals surface area contributed by atoms with Crippen LogP contribution in [0.1, 0.15) is 10.4 Å². The third kappa shape index (κ3) is 2.74. The summed E-state index contributed by atoms with van der Waals surface area (Å²) >= 11 is 0. The number of rotatable bonds is 3. The lowest BCUT2D eigenvalue weighted by molar-refractivity contribution is 0.102. The van der Waals surface area contributed by atoms with Gasteiger partial charge in [-0.2, -0.15) is 0 Å². The van der Waals surface area contributed by atoms with Crippen molar-refractivity contribution in [2.75, 3.05) is 12.4 Å². The average molecular weight is 275 g/mol. The van der Waals surface area contributed by atoms with E-state index in [2.05, 4.69) is 5.32 Å². The second-order valence-electron chi connectivity index (χ2n) is 4.04. The molecule has 1 amide bonds. The van der Waals surface area contributed by atoms with Crippen molar-refractivity contribution in [3.05, 3.63) is 42.0 Å². The highest BCUT2D eigenvalue weighted by molar-refractivity contribution is 6.04. The number of hydrogen-bond donors (Lipinski definition) is 4. The molecule has 0 unspecified atom stereocenters. The second-order valence-corrected chi connectivity index (χ2v) is 4.04. The maximum Gasteiger partial charge on any atom is 0.255 e. The third-order valence-electron chi connectivity index (χ3n) is 2.68. The van der Waals surface area contributed by atoms with Crippen molar-refractivity contribution in [3.8, 4) is 23.0 Å². The molecule has 2 rings (SSSR count). The van der Waals surface area contributed by atoms with Gasteiger partial charge in [-0.05, 0) is 30.3 Å². The predicted octanol–water partition coefficient (Wildman–Crippen LogP) is 2.06. The monoisotopic (exact) mass is 275 g/mol. The molecule has 6 heteroatoms. The fourth-order valence-electron chi connectivity index (χ4n) is 1.62. The van der Waals surface area contributed by atoms with Gasteiger partial charge in [0, 0.05) is 17.3 Å². The molecule has 0 radical (unpaired) electrons. The highest BCUT2D eigenvalue weighted by Gasteiger charge is 2.11. The Labute approximate surface area is 114 Å². The first-order valence-corrected chi connectivity index (χ1v) is 5.71. The molecule has 4 N–H and O–H groups in total. The van der Waals surface area contributed by atoms with Crippen LogP contribution in [-0.2, 0) is 0 Å². The first-order valence-electron chi connectivity index (χ1n) is 5.71. The van der Waals surface area contributed by atoms with Gasteiger partial charge in [-0.1, -0.05) is 0 Å². The van der Waals surface area contributed by atoms with Gasteiger partial charge < -0.3 is 25.4 Å². The van der Waals surface area contributed by atoms with Crippen molar-refractivity contribution in [1.82, 2.24) is 0 Å². The van der Waals surface area contributed by atoms with Gasteiger partial charge in [0.15, 0.2) is 23.0 Å². The Bertz CT molecular complexity index is 654. The average Bonchev–Trinajstić information content (AvgIpc) is 2.43. The topological polar surface area (TPSA) is 99.0 Å². The van der Waals surface area contributed by atoms with Crippen molar-refractivity contribution in [1.29, 1.82) is 0 Å². The Kier molecular flexibility index (Phi) is 3.65. The number of aromatic hydroxyl groups is 3. The Morgan fingerprint density at radius 3 is 2.35 bits per heavy atom. The zero-order valence-electron chi connectivity index (χ0n) is 10.6. The van der Waals surface area contributed by atoms with E-state index in [-0.39, 0.29) is 28.6 Å². The van der Waals surface area contributed by atoms with Gasteiger partial charge >= 0.3 is 0 Å². The number of carbonyl (C=O) groups is 1. The molecule has 2 aromatic rings. The number of hydrogen-bond acceptors (Lipinski definition) is 5. The number of phenols is 3. The zero-order valence-corrected chi connectivity index (χ0v) is 10.6. The number of anilines is 1. The highest BCUT2D eigenvalue weighted by atomic mass is 16.5. The molecule has 0 atom stereocenters. The molecule has 6 nitrogen and oxygen atoms in total. The van der Waals surface area contributed by atoms with Crippen LogP contribution in [0.4, 0.5) is 5.69 Å². The summed E-state index contributed by atoms with van der Waals surface area (Å²) in [6.45, 7) is 0. The lowest BCUT2D eigenvalue weighted by Crippen LogP contribution is -2.11. The Morgan fingerprint density at radius 1 is 1.00 bits per heavy atom. The summed E-state index contributed by atoms with van der Waals surface area (Å²) in [6, 6.07) is 8.12. The SMILES string of the molecule is COc1cc(C(=O)Nc2ccc(O)c(O)c2)ccc1O. The number of carbonyl (C=O) groups excluding carboxylic acids is 1. The Hall–Kier alpha value is -2.89. The van der Waals surface area contributed by atoms with Crippen molar-refractivity contribution in [3.63, 3.8) is 0 Å². The van der Waals surface area contributed by atoms with E-state index in [0.717, 1.165) is 0 Å². The summed E-state index contributed by atoms with van der Waals surface area (Å²) in [7, 11) is 1.38. The molecule has 20 heavy (non-hydrogen) atoms. The Morgan fingerprint density at radius 2 is 1.70 bits per heavy atom. The smallest absolute Gasteiger partial charge is 0.255 e. The van der Waals surface area contributed by atoms with Gasteiger partial charge in [0.05, 0.1) is 7.11 Å². The van der Waals surface area contributed by atoms with E-state index in [9.17, 15) is 20.1 Å². The van der Waals surface area contributed by atoms with E-state index in [1.807, 2.05) is 0 Å². The van der Waals surface area contributed by atoms with Crippen LogP contribution in [0.15, 0.2) is 36.4 Å². The molecule has 0 aliphatic rings. The summed E-state index contributed by atoms with van der Waals surface area (Å²) in [5, 5.41) is 30.5. The number of methoxy groups -OCH3 is 1. The summed E-state index contributed by atoms with van der Waals surface area (Å²) in [5.41, 5.74) is 0.615. The van der Waals surface area contributed by atoms with E-state index in [1.54, 1.807) is 0 Å². The van der Waals surface area contributed by atoms with Gasteiger partial charge in [0.2, 0.25) is 0 Å². The third-order valence-corrected chi connectivity index (χ3v) is 2.68. The maximum atomic E-state index is 12.0. The largest absolute Gasteiger partial charge is 0.504 e. The van der Waals surface area contributed by atoms with Crippen LogP contribution in [0.25, 0.3) is 0 Å². The van der Waals surface area contributed by atoms with Gasteiger partial charge in [0.1, 0.15) is 0 Å². The molecule has 0 aromatic heterocycles. The predicted molar refractivity (Wildman–Crippen MR) is 72.4 cm³/mol.